The van der Waals surface area contributed by atoms with Gasteiger partial charge in [-0.2, -0.15) is 0 Å². The van der Waals surface area contributed by atoms with E-state index in [0.29, 0.717) is 6.54 Å². The van der Waals surface area contributed by atoms with Crippen LogP contribution in [0.25, 0.3) is 0 Å². The van der Waals surface area contributed by atoms with E-state index in [4.69, 9.17) is 0 Å². The highest BCUT2D eigenvalue weighted by molar-refractivity contribution is 5.77. The van der Waals surface area contributed by atoms with E-state index in [1.165, 1.54) is 38.6 Å². The van der Waals surface area contributed by atoms with Gasteiger partial charge in [0, 0.05) is 12.6 Å². The number of amides is 1. The zero-order valence-electron chi connectivity index (χ0n) is 12.3. The van der Waals surface area contributed by atoms with E-state index in [-0.39, 0.29) is 5.91 Å². The van der Waals surface area contributed by atoms with Crippen molar-refractivity contribution in [1.82, 2.24) is 15.5 Å². The van der Waals surface area contributed by atoms with Gasteiger partial charge >= 0.3 is 0 Å². The molecule has 2 rings (SSSR count). The molecular formula is C15H29N3O. The van der Waals surface area contributed by atoms with Gasteiger partial charge < -0.3 is 15.5 Å². The van der Waals surface area contributed by atoms with E-state index >= 15 is 0 Å². The quantitative estimate of drug-likeness (QED) is 0.653. The number of hydrogen-bond donors (Lipinski definition) is 2. The van der Waals surface area contributed by atoms with Crippen LogP contribution in [-0.2, 0) is 4.79 Å². The maximum atomic E-state index is 11.5. The van der Waals surface area contributed by atoms with Crippen LogP contribution >= 0.6 is 0 Å². The Bertz CT molecular complexity index is 279. The van der Waals surface area contributed by atoms with E-state index in [1.54, 1.807) is 0 Å². The highest BCUT2D eigenvalue weighted by Gasteiger charge is 2.21. The van der Waals surface area contributed by atoms with Crippen molar-refractivity contribution in [2.45, 2.75) is 51.5 Å². The van der Waals surface area contributed by atoms with Crippen LogP contribution in [0, 0.1) is 5.92 Å². The van der Waals surface area contributed by atoms with Gasteiger partial charge in [-0.15, -0.1) is 0 Å². The smallest absolute Gasteiger partial charge is 0.233 e. The molecule has 1 atom stereocenters. The number of nitrogens with one attached hydrogen (secondary N) is 2. The van der Waals surface area contributed by atoms with Crippen molar-refractivity contribution in [2.24, 2.45) is 5.92 Å². The van der Waals surface area contributed by atoms with Crippen molar-refractivity contribution in [2.75, 3.05) is 32.7 Å². The molecule has 1 saturated heterocycles. The van der Waals surface area contributed by atoms with E-state index in [9.17, 15) is 4.79 Å². The van der Waals surface area contributed by atoms with Crippen LogP contribution in [-0.4, -0.2) is 49.6 Å². The molecule has 1 saturated carbocycles. The molecule has 4 nitrogen and oxygen atoms in total. The van der Waals surface area contributed by atoms with Crippen molar-refractivity contribution < 1.29 is 4.79 Å². The Morgan fingerprint density at radius 2 is 2.11 bits per heavy atom. The fourth-order valence-electron chi connectivity index (χ4n) is 2.74. The number of piperidine rings is 1. The molecular weight excluding hydrogens is 238 g/mol. The first-order chi connectivity index (χ1) is 9.25. The van der Waals surface area contributed by atoms with Crippen LogP contribution in [0.2, 0.25) is 0 Å². The lowest BCUT2D eigenvalue weighted by Crippen LogP contribution is -2.40. The third-order valence-corrected chi connectivity index (χ3v) is 4.31. The Morgan fingerprint density at radius 3 is 2.84 bits per heavy atom. The monoisotopic (exact) mass is 267 g/mol. The molecule has 2 aliphatic rings. The van der Waals surface area contributed by atoms with Crippen LogP contribution in [0.4, 0.5) is 0 Å². The molecule has 2 N–H and O–H groups in total. The lowest BCUT2D eigenvalue weighted by atomic mass is 10.0. The molecule has 1 unspecified atom stereocenters. The summed E-state index contributed by atoms with van der Waals surface area (Å²) in [6, 6.07) is 0.746. The van der Waals surface area contributed by atoms with E-state index in [1.807, 2.05) is 0 Å². The van der Waals surface area contributed by atoms with Gasteiger partial charge in [0.1, 0.15) is 0 Å². The maximum absolute atomic E-state index is 11.5. The van der Waals surface area contributed by atoms with E-state index in [2.05, 4.69) is 22.5 Å². The third-order valence-electron chi connectivity index (χ3n) is 4.31. The summed E-state index contributed by atoms with van der Waals surface area (Å²) in [4.78, 5) is 14.1. The summed E-state index contributed by atoms with van der Waals surface area (Å²) in [6.45, 7) is 7.05. The molecule has 4 heteroatoms. The van der Waals surface area contributed by atoms with Crippen LogP contribution in [0.3, 0.4) is 0 Å². The molecule has 0 radical (unpaired) electrons. The first-order valence-electron chi connectivity index (χ1n) is 7.97. The second kappa shape index (κ2) is 7.85. The maximum Gasteiger partial charge on any atom is 0.233 e. The molecule has 0 spiro atoms. The number of carbonyl (C=O) groups is 1. The molecule has 2 fully saturated rings. The fraction of sp³-hybridized carbons (Fsp3) is 0.933. The van der Waals surface area contributed by atoms with Gasteiger partial charge in [-0.3, -0.25) is 4.79 Å². The molecule has 1 aliphatic heterocycles. The largest absolute Gasteiger partial charge is 0.355 e. The van der Waals surface area contributed by atoms with Gasteiger partial charge in [0.05, 0.1) is 6.54 Å². The average molecular weight is 267 g/mol. The summed E-state index contributed by atoms with van der Waals surface area (Å²) < 4.78 is 0. The van der Waals surface area contributed by atoms with E-state index in [0.717, 1.165) is 38.0 Å². The first kappa shape index (κ1) is 14.8. The Hall–Kier alpha value is -0.610. The van der Waals surface area contributed by atoms with Gasteiger partial charge in [0.2, 0.25) is 5.91 Å². The highest BCUT2D eigenvalue weighted by Crippen LogP contribution is 2.27. The van der Waals surface area contributed by atoms with Crippen LogP contribution in [0.15, 0.2) is 0 Å². The summed E-state index contributed by atoms with van der Waals surface area (Å²) in [5.74, 6) is 0.919. The van der Waals surface area contributed by atoms with Crippen molar-refractivity contribution in [3.05, 3.63) is 0 Å². The second-order valence-corrected chi connectivity index (χ2v) is 6.16. The summed E-state index contributed by atoms with van der Waals surface area (Å²) in [6.07, 6.45) is 7.80. The molecule has 110 valence electrons. The Labute approximate surface area is 117 Å². The molecule has 1 amide bonds. The third kappa shape index (κ3) is 5.91. The van der Waals surface area contributed by atoms with Gasteiger partial charge in [0.15, 0.2) is 0 Å². The van der Waals surface area contributed by atoms with Crippen molar-refractivity contribution in [1.29, 1.82) is 0 Å². The number of rotatable bonds is 8. The van der Waals surface area contributed by atoms with Crippen molar-refractivity contribution in [3.63, 3.8) is 0 Å². The number of nitrogens with zero attached hydrogens (tertiary/aromatic N) is 1. The van der Waals surface area contributed by atoms with Crippen molar-refractivity contribution in [3.8, 4) is 0 Å². The molecule has 0 bridgehead atoms. The molecule has 1 heterocycles. The van der Waals surface area contributed by atoms with Crippen molar-refractivity contribution >= 4 is 5.91 Å². The van der Waals surface area contributed by atoms with Gasteiger partial charge in [-0.05, 0) is 64.6 Å². The lowest BCUT2D eigenvalue weighted by Gasteiger charge is -2.33. The number of likely N-dealkylation sites (tertiary alicyclic amines) is 1. The highest BCUT2D eigenvalue weighted by atomic mass is 16.1. The first-order valence-corrected chi connectivity index (χ1v) is 7.97. The molecule has 0 aromatic rings. The Balaban J connectivity index is 1.43. The predicted octanol–water partition coefficient (Wildman–Crippen LogP) is 1.37. The minimum absolute atomic E-state index is 0.151. The molecule has 0 aromatic carbocycles. The summed E-state index contributed by atoms with van der Waals surface area (Å²) >= 11 is 0. The summed E-state index contributed by atoms with van der Waals surface area (Å²) in [7, 11) is 0. The minimum Gasteiger partial charge on any atom is -0.355 e. The van der Waals surface area contributed by atoms with Gasteiger partial charge in [-0.25, -0.2) is 0 Å². The van der Waals surface area contributed by atoms with Crippen LogP contribution in [0.5, 0.6) is 0 Å². The zero-order chi connectivity index (χ0) is 13.5. The normalized spacial score (nSPS) is 24.4. The SMILES string of the molecule is CC1CCCCN1CCCNCC(=O)NCC1CC1. The fourth-order valence-corrected chi connectivity index (χ4v) is 2.74. The summed E-state index contributed by atoms with van der Waals surface area (Å²) in [5.41, 5.74) is 0. The average Bonchev–Trinajstić information content (AvgIpc) is 3.22. The minimum atomic E-state index is 0.151. The van der Waals surface area contributed by atoms with Gasteiger partial charge in [-0.1, -0.05) is 6.42 Å². The van der Waals surface area contributed by atoms with Gasteiger partial charge in [0.25, 0.3) is 0 Å². The topological polar surface area (TPSA) is 44.4 Å². The standard InChI is InChI=1S/C15H29N3O/c1-13-5-2-3-9-18(13)10-4-8-16-12-15(19)17-11-14-6-7-14/h13-14,16H,2-12H2,1H3,(H,17,19). The number of carbonyl (C=O) groups excluding carboxylic acids is 1. The Morgan fingerprint density at radius 1 is 1.26 bits per heavy atom. The summed E-state index contributed by atoms with van der Waals surface area (Å²) in [5, 5.41) is 6.23. The molecule has 1 aliphatic carbocycles. The lowest BCUT2D eigenvalue weighted by molar-refractivity contribution is -0.120. The Kier molecular flexibility index (Phi) is 6.11. The second-order valence-electron chi connectivity index (χ2n) is 6.16. The predicted molar refractivity (Wildman–Crippen MR) is 78.1 cm³/mol. The van der Waals surface area contributed by atoms with Crippen LogP contribution in [0.1, 0.15) is 45.4 Å². The van der Waals surface area contributed by atoms with E-state index < -0.39 is 0 Å². The zero-order valence-corrected chi connectivity index (χ0v) is 12.3. The van der Waals surface area contributed by atoms with Crippen LogP contribution < -0.4 is 10.6 Å². The molecule has 19 heavy (non-hydrogen) atoms. The number of hydrogen-bond acceptors (Lipinski definition) is 3. The molecule has 0 aromatic heterocycles.